The highest BCUT2D eigenvalue weighted by Gasteiger charge is 2.16. The molecule has 0 atom stereocenters. The SMILES string of the molecule is CC(C)n1c(=O)nc(Nc2ccc(N3CCOCC3)cc2)n(Cc2ccc(F)cc2)c1=O. The lowest BCUT2D eigenvalue weighted by Crippen LogP contribution is -2.43. The zero-order chi connectivity index (χ0) is 22.7. The summed E-state index contributed by atoms with van der Waals surface area (Å²) in [7, 11) is 0. The number of aromatic nitrogens is 3. The molecule has 0 spiro atoms. The van der Waals surface area contributed by atoms with Gasteiger partial charge in [-0.05, 0) is 55.8 Å². The molecule has 8 nitrogen and oxygen atoms in total. The first-order valence-electron chi connectivity index (χ1n) is 10.6. The molecular formula is C23H26FN5O3. The maximum absolute atomic E-state index is 13.3. The zero-order valence-electron chi connectivity index (χ0n) is 18.1. The lowest BCUT2D eigenvalue weighted by molar-refractivity contribution is 0.122. The number of morpholine rings is 1. The highest BCUT2D eigenvalue weighted by Crippen LogP contribution is 2.21. The number of nitrogens with zero attached hydrogens (tertiary/aromatic N) is 4. The van der Waals surface area contributed by atoms with E-state index < -0.39 is 11.4 Å². The summed E-state index contributed by atoms with van der Waals surface area (Å²) in [5, 5.41) is 3.10. The molecule has 2 aromatic carbocycles. The van der Waals surface area contributed by atoms with Crippen molar-refractivity contribution in [2.45, 2.75) is 26.4 Å². The molecule has 0 bridgehead atoms. The summed E-state index contributed by atoms with van der Waals surface area (Å²) in [4.78, 5) is 32.0. The second kappa shape index (κ2) is 9.35. The van der Waals surface area contributed by atoms with E-state index in [4.69, 9.17) is 4.74 Å². The summed E-state index contributed by atoms with van der Waals surface area (Å²) in [6.45, 7) is 6.72. The van der Waals surface area contributed by atoms with Crippen LogP contribution in [0, 0.1) is 5.82 Å². The van der Waals surface area contributed by atoms with E-state index in [1.165, 1.54) is 16.7 Å². The number of hydrogen-bond acceptors (Lipinski definition) is 6. The van der Waals surface area contributed by atoms with Crippen LogP contribution in [0.25, 0.3) is 0 Å². The number of hydrogen-bond donors (Lipinski definition) is 1. The Kier molecular flexibility index (Phi) is 6.36. The van der Waals surface area contributed by atoms with Crippen molar-refractivity contribution in [3.63, 3.8) is 0 Å². The number of halogens is 1. The first kappa shape index (κ1) is 21.8. The van der Waals surface area contributed by atoms with Crippen molar-refractivity contribution in [3.05, 3.63) is 80.9 Å². The Labute approximate surface area is 184 Å². The van der Waals surface area contributed by atoms with Gasteiger partial charge in [0.2, 0.25) is 5.95 Å². The van der Waals surface area contributed by atoms with Crippen molar-refractivity contribution in [2.75, 3.05) is 36.5 Å². The maximum Gasteiger partial charge on any atom is 0.355 e. The quantitative estimate of drug-likeness (QED) is 0.636. The smallest absolute Gasteiger partial charge is 0.355 e. The molecule has 1 N–H and O–H groups in total. The fourth-order valence-corrected chi connectivity index (χ4v) is 3.67. The van der Waals surface area contributed by atoms with E-state index >= 15 is 0 Å². The summed E-state index contributed by atoms with van der Waals surface area (Å²) < 4.78 is 21.2. The average molecular weight is 439 g/mol. The molecule has 3 aromatic rings. The number of anilines is 3. The molecule has 4 rings (SSSR count). The summed E-state index contributed by atoms with van der Waals surface area (Å²) in [6, 6.07) is 13.3. The summed E-state index contributed by atoms with van der Waals surface area (Å²) >= 11 is 0. The summed E-state index contributed by atoms with van der Waals surface area (Å²) in [5.41, 5.74) is 1.40. The van der Waals surface area contributed by atoms with Crippen molar-refractivity contribution in [2.24, 2.45) is 0 Å². The van der Waals surface area contributed by atoms with E-state index in [9.17, 15) is 14.0 Å². The normalized spacial score (nSPS) is 14.1. The molecule has 32 heavy (non-hydrogen) atoms. The molecule has 0 unspecified atom stereocenters. The Morgan fingerprint density at radius 1 is 1.03 bits per heavy atom. The van der Waals surface area contributed by atoms with Crippen molar-refractivity contribution in [3.8, 4) is 0 Å². The lowest BCUT2D eigenvalue weighted by atomic mass is 10.2. The van der Waals surface area contributed by atoms with Crippen LogP contribution in [0.5, 0.6) is 0 Å². The van der Waals surface area contributed by atoms with Gasteiger partial charge >= 0.3 is 11.4 Å². The summed E-state index contributed by atoms with van der Waals surface area (Å²) in [6.07, 6.45) is 0. The van der Waals surface area contributed by atoms with Crippen LogP contribution in [-0.4, -0.2) is 40.4 Å². The molecule has 2 heterocycles. The van der Waals surface area contributed by atoms with Gasteiger partial charge in [0.15, 0.2) is 0 Å². The average Bonchev–Trinajstić information content (AvgIpc) is 2.78. The van der Waals surface area contributed by atoms with Crippen LogP contribution in [0.15, 0.2) is 58.1 Å². The lowest BCUT2D eigenvalue weighted by Gasteiger charge is -2.29. The molecule has 168 valence electrons. The minimum Gasteiger partial charge on any atom is -0.378 e. The van der Waals surface area contributed by atoms with Crippen LogP contribution >= 0.6 is 0 Å². The number of ether oxygens (including phenoxy) is 1. The van der Waals surface area contributed by atoms with Gasteiger partial charge in [0.05, 0.1) is 19.8 Å². The van der Waals surface area contributed by atoms with Crippen molar-refractivity contribution in [1.82, 2.24) is 14.1 Å². The zero-order valence-corrected chi connectivity index (χ0v) is 18.1. The molecule has 0 saturated carbocycles. The highest BCUT2D eigenvalue weighted by molar-refractivity contribution is 5.59. The second-order valence-electron chi connectivity index (χ2n) is 7.95. The van der Waals surface area contributed by atoms with Crippen LogP contribution in [0.2, 0.25) is 0 Å². The molecule has 0 radical (unpaired) electrons. The van der Waals surface area contributed by atoms with Gasteiger partial charge in [-0.25, -0.2) is 18.5 Å². The van der Waals surface area contributed by atoms with Gasteiger partial charge in [0, 0.05) is 30.5 Å². The molecule has 9 heteroatoms. The number of rotatable bonds is 6. The fourth-order valence-electron chi connectivity index (χ4n) is 3.67. The first-order valence-corrected chi connectivity index (χ1v) is 10.6. The first-order chi connectivity index (χ1) is 15.4. The molecule has 1 fully saturated rings. The third-order valence-corrected chi connectivity index (χ3v) is 5.37. The van der Waals surface area contributed by atoms with Crippen LogP contribution in [0.3, 0.4) is 0 Å². The molecule has 0 aliphatic carbocycles. The van der Waals surface area contributed by atoms with Gasteiger partial charge in [-0.3, -0.25) is 4.57 Å². The number of nitrogens with one attached hydrogen (secondary N) is 1. The molecular weight excluding hydrogens is 413 g/mol. The third kappa shape index (κ3) is 4.72. The van der Waals surface area contributed by atoms with Gasteiger partial charge in [-0.15, -0.1) is 0 Å². The molecule has 1 aliphatic rings. The van der Waals surface area contributed by atoms with E-state index in [2.05, 4.69) is 15.2 Å². The fraction of sp³-hybridized carbons (Fsp3) is 0.348. The van der Waals surface area contributed by atoms with Gasteiger partial charge in [0.1, 0.15) is 5.82 Å². The topological polar surface area (TPSA) is 81.4 Å². The van der Waals surface area contributed by atoms with Crippen molar-refractivity contribution >= 4 is 17.3 Å². The van der Waals surface area contributed by atoms with E-state index in [1.54, 1.807) is 26.0 Å². The molecule has 0 amide bonds. The third-order valence-electron chi connectivity index (χ3n) is 5.37. The molecule has 1 aliphatic heterocycles. The monoisotopic (exact) mass is 439 g/mol. The Morgan fingerprint density at radius 2 is 1.69 bits per heavy atom. The van der Waals surface area contributed by atoms with E-state index in [0.717, 1.165) is 28.9 Å². The Bertz CT molecular complexity index is 1180. The summed E-state index contributed by atoms with van der Waals surface area (Å²) in [5.74, 6) is -0.217. The van der Waals surface area contributed by atoms with Gasteiger partial charge in [-0.2, -0.15) is 4.98 Å². The van der Waals surface area contributed by atoms with Crippen molar-refractivity contribution in [1.29, 1.82) is 0 Å². The van der Waals surface area contributed by atoms with E-state index in [-0.39, 0.29) is 24.4 Å². The maximum atomic E-state index is 13.3. The van der Waals surface area contributed by atoms with Gasteiger partial charge < -0.3 is 15.0 Å². The highest BCUT2D eigenvalue weighted by atomic mass is 19.1. The molecule has 1 aromatic heterocycles. The second-order valence-corrected chi connectivity index (χ2v) is 7.95. The van der Waals surface area contributed by atoms with Crippen molar-refractivity contribution < 1.29 is 9.13 Å². The molecule has 1 saturated heterocycles. The van der Waals surface area contributed by atoms with E-state index in [0.29, 0.717) is 18.9 Å². The number of benzene rings is 2. The van der Waals surface area contributed by atoms with Gasteiger partial charge in [0.25, 0.3) is 0 Å². The van der Waals surface area contributed by atoms with Crippen LogP contribution in [0.4, 0.5) is 21.7 Å². The van der Waals surface area contributed by atoms with Gasteiger partial charge in [-0.1, -0.05) is 12.1 Å². The predicted octanol–water partition coefficient (Wildman–Crippen LogP) is 2.75. The largest absolute Gasteiger partial charge is 0.378 e. The van der Waals surface area contributed by atoms with Crippen LogP contribution in [0.1, 0.15) is 25.5 Å². The minimum atomic E-state index is -0.618. The minimum absolute atomic E-state index is 0.139. The van der Waals surface area contributed by atoms with Crippen LogP contribution in [-0.2, 0) is 11.3 Å². The van der Waals surface area contributed by atoms with Crippen LogP contribution < -0.4 is 21.6 Å². The Balaban J connectivity index is 1.67. The standard InChI is InChI=1S/C23H26FN5O3/c1-16(2)29-22(30)26-21(28(23(29)31)15-17-3-5-18(24)6-4-17)25-19-7-9-20(10-8-19)27-11-13-32-14-12-27/h3-10,16H,11-15H2,1-2H3,(H,25,26,30). The van der Waals surface area contributed by atoms with E-state index in [1.807, 2.05) is 24.3 Å². The Hall–Kier alpha value is -3.46. The Morgan fingerprint density at radius 3 is 2.31 bits per heavy atom. The predicted molar refractivity (Wildman–Crippen MR) is 121 cm³/mol.